The summed E-state index contributed by atoms with van der Waals surface area (Å²) in [6.07, 6.45) is 0. The third-order valence-electron chi connectivity index (χ3n) is 2.35. The molecule has 1 aromatic heterocycles. The Morgan fingerprint density at radius 1 is 1.22 bits per heavy atom. The van der Waals surface area contributed by atoms with Crippen molar-refractivity contribution in [2.24, 2.45) is 0 Å². The van der Waals surface area contributed by atoms with E-state index in [1.165, 1.54) is 0 Å². The zero-order valence-corrected chi connectivity index (χ0v) is 12.1. The molecule has 2 rings (SSSR count). The number of benzene rings is 1. The molecule has 0 fully saturated rings. The van der Waals surface area contributed by atoms with Crippen molar-refractivity contribution in [2.45, 2.75) is 17.0 Å². The highest BCUT2D eigenvalue weighted by Gasteiger charge is 2.08. The number of hydrogen-bond donors (Lipinski definition) is 0. The van der Waals surface area contributed by atoms with Gasteiger partial charge in [-0.3, -0.25) is 0 Å². The highest BCUT2D eigenvalue weighted by molar-refractivity contribution is 8.00. The van der Waals surface area contributed by atoms with Gasteiger partial charge in [0.05, 0.1) is 14.2 Å². The maximum atomic E-state index is 5.34. The average Bonchev–Trinajstić information content (AvgIpc) is 2.81. The van der Waals surface area contributed by atoms with Crippen molar-refractivity contribution in [3.8, 4) is 11.5 Å². The summed E-state index contributed by atoms with van der Waals surface area (Å²) in [6, 6.07) is 5.79. The normalized spacial score (nSPS) is 10.4. The summed E-state index contributed by atoms with van der Waals surface area (Å²) in [6.45, 7) is 1.95. The van der Waals surface area contributed by atoms with Crippen molar-refractivity contribution >= 4 is 23.1 Å². The van der Waals surface area contributed by atoms with Gasteiger partial charge in [0.25, 0.3) is 0 Å². The first kappa shape index (κ1) is 13.2. The second kappa shape index (κ2) is 6.06. The third kappa shape index (κ3) is 3.14. The van der Waals surface area contributed by atoms with Crippen molar-refractivity contribution in [1.82, 2.24) is 10.2 Å². The number of hydrogen-bond acceptors (Lipinski definition) is 6. The van der Waals surface area contributed by atoms with Crippen LogP contribution in [-0.4, -0.2) is 24.4 Å². The van der Waals surface area contributed by atoms with Crippen LogP contribution in [0.3, 0.4) is 0 Å². The van der Waals surface area contributed by atoms with Crippen LogP contribution in [0.5, 0.6) is 11.5 Å². The molecule has 6 heteroatoms. The van der Waals surface area contributed by atoms with Gasteiger partial charge in [0.15, 0.2) is 4.34 Å². The number of rotatable bonds is 5. The molecular formula is C12H14N2O2S2. The van der Waals surface area contributed by atoms with E-state index < -0.39 is 0 Å². The lowest BCUT2D eigenvalue weighted by atomic mass is 10.2. The summed E-state index contributed by atoms with van der Waals surface area (Å²) in [4.78, 5) is 0. The van der Waals surface area contributed by atoms with Gasteiger partial charge in [-0.1, -0.05) is 23.1 Å². The Bertz CT molecular complexity index is 529. The maximum absolute atomic E-state index is 5.34. The van der Waals surface area contributed by atoms with E-state index in [1.807, 2.05) is 25.1 Å². The van der Waals surface area contributed by atoms with E-state index >= 15 is 0 Å². The number of methoxy groups -OCH3 is 2. The number of aromatic nitrogens is 2. The SMILES string of the molecule is COc1ccc(OC)c(CSc2nnc(C)s2)c1. The standard InChI is InChI=1S/C12H14N2O2S2/c1-8-13-14-12(18-8)17-7-9-6-10(15-2)4-5-11(9)16-3/h4-6H,7H2,1-3H3. The van der Waals surface area contributed by atoms with Crippen LogP contribution in [0, 0.1) is 6.92 Å². The molecule has 4 nitrogen and oxygen atoms in total. The molecule has 1 heterocycles. The number of ether oxygens (including phenoxy) is 2. The third-order valence-corrected chi connectivity index (χ3v) is 4.37. The van der Waals surface area contributed by atoms with E-state index in [1.54, 1.807) is 37.3 Å². The van der Waals surface area contributed by atoms with Gasteiger partial charge in [0.1, 0.15) is 16.5 Å². The summed E-state index contributed by atoms with van der Waals surface area (Å²) >= 11 is 3.25. The van der Waals surface area contributed by atoms with E-state index in [4.69, 9.17) is 9.47 Å². The van der Waals surface area contributed by atoms with E-state index in [0.717, 1.165) is 32.2 Å². The van der Waals surface area contributed by atoms with Crippen LogP contribution >= 0.6 is 23.1 Å². The molecule has 0 amide bonds. The maximum Gasteiger partial charge on any atom is 0.174 e. The van der Waals surface area contributed by atoms with Gasteiger partial charge >= 0.3 is 0 Å². The molecule has 0 bridgehead atoms. The molecule has 18 heavy (non-hydrogen) atoms. The van der Waals surface area contributed by atoms with Crippen LogP contribution in [0.4, 0.5) is 0 Å². The fourth-order valence-electron chi connectivity index (χ4n) is 1.47. The molecule has 2 aromatic rings. The topological polar surface area (TPSA) is 44.2 Å². The van der Waals surface area contributed by atoms with E-state index in [-0.39, 0.29) is 0 Å². The molecule has 0 spiro atoms. The minimum atomic E-state index is 0.787. The zero-order chi connectivity index (χ0) is 13.0. The van der Waals surface area contributed by atoms with Gasteiger partial charge in [-0.15, -0.1) is 10.2 Å². The molecule has 0 unspecified atom stereocenters. The predicted molar refractivity (Wildman–Crippen MR) is 73.8 cm³/mol. The Morgan fingerprint density at radius 2 is 2.06 bits per heavy atom. The molecule has 0 aliphatic heterocycles. The Hall–Kier alpha value is -1.27. The number of nitrogens with zero attached hydrogens (tertiary/aromatic N) is 2. The van der Waals surface area contributed by atoms with E-state index in [9.17, 15) is 0 Å². The van der Waals surface area contributed by atoms with Crippen LogP contribution in [0.25, 0.3) is 0 Å². The predicted octanol–water partition coefficient (Wildman–Crippen LogP) is 3.16. The molecule has 0 N–H and O–H groups in total. The summed E-state index contributed by atoms with van der Waals surface area (Å²) in [5.74, 6) is 2.49. The largest absolute Gasteiger partial charge is 0.497 e. The highest BCUT2D eigenvalue weighted by atomic mass is 32.2. The Labute approximate surface area is 114 Å². The van der Waals surface area contributed by atoms with Gasteiger partial charge in [0.2, 0.25) is 0 Å². The van der Waals surface area contributed by atoms with E-state index in [2.05, 4.69) is 10.2 Å². The number of aryl methyl sites for hydroxylation is 1. The first-order chi connectivity index (χ1) is 8.72. The lowest BCUT2D eigenvalue weighted by molar-refractivity contribution is 0.400. The number of thioether (sulfide) groups is 1. The monoisotopic (exact) mass is 282 g/mol. The van der Waals surface area contributed by atoms with Crippen LogP contribution in [0.1, 0.15) is 10.6 Å². The van der Waals surface area contributed by atoms with Crippen molar-refractivity contribution in [2.75, 3.05) is 14.2 Å². The van der Waals surface area contributed by atoms with Gasteiger partial charge in [-0.2, -0.15) is 0 Å². The lowest BCUT2D eigenvalue weighted by Gasteiger charge is -2.09. The van der Waals surface area contributed by atoms with Crippen LogP contribution in [0.15, 0.2) is 22.5 Å². The average molecular weight is 282 g/mol. The second-order valence-electron chi connectivity index (χ2n) is 3.55. The molecule has 0 atom stereocenters. The van der Waals surface area contributed by atoms with Crippen LogP contribution < -0.4 is 9.47 Å². The van der Waals surface area contributed by atoms with E-state index in [0.29, 0.717) is 0 Å². The van der Waals surface area contributed by atoms with Gasteiger partial charge in [0, 0.05) is 11.3 Å². The van der Waals surface area contributed by atoms with Crippen molar-refractivity contribution in [3.05, 3.63) is 28.8 Å². The minimum absolute atomic E-state index is 0.787. The molecule has 0 aliphatic carbocycles. The van der Waals surface area contributed by atoms with Crippen LogP contribution in [0.2, 0.25) is 0 Å². The molecule has 96 valence electrons. The fraction of sp³-hybridized carbons (Fsp3) is 0.333. The Balaban J connectivity index is 2.11. The smallest absolute Gasteiger partial charge is 0.174 e. The fourth-order valence-corrected chi connectivity index (χ4v) is 3.26. The zero-order valence-electron chi connectivity index (χ0n) is 10.5. The van der Waals surface area contributed by atoms with Crippen molar-refractivity contribution in [3.63, 3.8) is 0 Å². The summed E-state index contributed by atoms with van der Waals surface area (Å²) in [7, 11) is 3.33. The van der Waals surface area contributed by atoms with Crippen molar-refractivity contribution < 1.29 is 9.47 Å². The highest BCUT2D eigenvalue weighted by Crippen LogP contribution is 2.31. The molecule has 0 radical (unpaired) electrons. The van der Waals surface area contributed by atoms with Gasteiger partial charge in [-0.25, -0.2) is 0 Å². The quantitative estimate of drug-likeness (QED) is 0.788. The molecular weight excluding hydrogens is 268 g/mol. The summed E-state index contributed by atoms with van der Waals surface area (Å²) in [5, 5.41) is 9.07. The molecule has 0 saturated carbocycles. The molecule has 0 aliphatic rings. The summed E-state index contributed by atoms with van der Waals surface area (Å²) < 4.78 is 11.5. The Kier molecular flexibility index (Phi) is 4.43. The van der Waals surface area contributed by atoms with Crippen molar-refractivity contribution in [1.29, 1.82) is 0 Å². The second-order valence-corrected chi connectivity index (χ2v) is 5.96. The Morgan fingerprint density at radius 3 is 2.67 bits per heavy atom. The van der Waals surface area contributed by atoms with Gasteiger partial charge < -0.3 is 9.47 Å². The molecule has 0 saturated heterocycles. The summed E-state index contributed by atoms with van der Waals surface area (Å²) in [5.41, 5.74) is 1.09. The van der Waals surface area contributed by atoms with Gasteiger partial charge in [-0.05, 0) is 25.1 Å². The lowest BCUT2D eigenvalue weighted by Crippen LogP contribution is -1.92. The van der Waals surface area contributed by atoms with Crippen LogP contribution in [-0.2, 0) is 5.75 Å². The first-order valence-electron chi connectivity index (χ1n) is 5.36. The minimum Gasteiger partial charge on any atom is -0.497 e. The first-order valence-corrected chi connectivity index (χ1v) is 7.17. The molecule has 1 aromatic carbocycles.